The molecule has 0 saturated carbocycles. The van der Waals surface area contributed by atoms with Crippen molar-refractivity contribution in [2.24, 2.45) is 0 Å². The Morgan fingerprint density at radius 1 is 0.977 bits per heavy atom. The first-order valence-corrected chi connectivity index (χ1v) is 14.3. The number of nitrogens with zero attached hydrogens (tertiary/aromatic N) is 4. The van der Waals surface area contributed by atoms with Gasteiger partial charge < -0.3 is 25.6 Å². The van der Waals surface area contributed by atoms with E-state index in [1.54, 1.807) is 54.7 Å². The van der Waals surface area contributed by atoms with Crippen LogP contribution in [-0.4, -0.2) is 58.5 Å². The summed E-state index contributed by atoms with van der Waals surface area (Å²) in [5.74, 6) is 1.04. The molecule has 0 bridgehead atoms. The predicted molar refractivity (Wildman–Crippen MR) is 175 cm³/mol. The van der Waals surface area contributed by atoms with Gasteiger partial charge in [0.1, 0.15) is 10.8 Å². The van der Waals surface area contributed by atoms with Gasteiger partial charge in [-0.05, 0) is 75.6 Å². The van der Waals surface area contributed by atoms with Gasteiger partial charge in [0.25, 0.3) is 5.91 Å². The van der Waals surface area contributed by atoms with Gasteiger partial charge in [0.2, 0.25) is 11.9 Å². The zero-order valence-electron chi connectivity index (χ0n) is 24.5. The molecule has 0 atom stereocenters. The van der Waals surface area contributed by atoms with E-state index in [-0.39, 0.29) is 11.8 Å². The van der Waals surface area contributed by atoms with Crippen molar-refractivity contribution >= 4 is 57.3 Å². The lowest BCUT2D eigenvalue weighted by atomic mass is 10.1. The van der Waals surface area contributed by atoms with Gasteiger partial charge in [-0.2, -0.15) is 4.98 Å². The SMILES string of the molecule is CCOc1cccc2c1ccn2-c1nc(Nc2cccc(NC(=O)c3cccc(NC(=O)/C=C/CN(C)C)c3)c2)ncc1Cl. The zero-order valence-corrected chi connectivity index (χ0v) is 25.3. The Kier molecular flexibility index (Phi) is 9.53. The molecule has 5 rings (SSSR count). The Morgan fingerprint density at radius 3 is 2.52 bits per heavy atom. The molecular formula is C33H32ClN7O3. The molecule has 224 valence electrons. The molecule has 0 saturated heterocycles. The number of fused-ring (bicyclic) bond motifs is 1. The van der Waals surface area contributed by atoms with Gasteiger partial charge >= 0.3 is 0 Å². The number of rotatable bonds is 11. The second-order valence-electron chi connectivity index (χ2n) is 10.1. The number of hydrogen-bond acceptors (Lipinski definition) is 7. The van der Waals surface area contributed by atoms with E-state index in [9.17, 15) is 9.59 Å². The lowest BCUT2D eigenvalue weighted by Gasteiger charge is -2.12. The Bertz CT molecular complexity index is 1830. The molecular weight excluding hydrogens is 578 g/mol. The summed E-state index contributed by atoms with van der Waals surface area (Å²) in [4.78, 5) is 36.2. The number of halogens is 1. The number of hydrogen-bond donors (Lipinski definition) is 3. The highest BCUT2D eigenvalue weighted by Crippen LogP contribution is 2.31. The molecule has 3 N–H and O–H groups in total. The number of benzene rings is 3. The summed E-state index contributed by atoms with van der Waals surface area (Å²) in [6.45, 7) is 3.16. The smallest absolute Gasteiger partial charge is 0.255 e. The van der Waals surface area contributed by atoms with E-state index in [2.05, 4.69) is 25.9 Å². The Hall–Kier alpha value is -5.19. The molecule has 10 nitrogen and oxygen atoms in total. The average Bonchev–Trinajstić information content (AvgIpc) is 3.43. The Morgan fingerprint density at radius 2 is 1.73 bits per heavy atom. The highest BCUT2D eigenvalue weighted by Gasteiger charge is 2.14. The van der Waals surface area contributed by atoms with Crippen molar-refractivity contribution in [2.45, 2.75) is 6.92 Å². The van der Waals surface area contributed by atoms with Crippen molar-refractivity contribution < 1.29 is 14.3 Å². The molecule has 2 aromatic heterocycles. The lowest BCUT2D eigenvalue weighted by molar-refractivity contribution is -0.111. The van der Waals surface area contributed by atoms with Crippen molar-refractivity contribution in [1.82, 2.24) is 19.4 Å². The minimum Gasteiger partial charge on any atom is -0.493 e. The first kappa shape index (κ1) is 30.3. The fraction of sp³-hybridized carbons (Fsp3) is 0.152. The number of nitrogens with one attached hydrogen (secondary N) is 3. The Labute approximate surface area is 260 Å². The average molecular weight is 610 g/mol. The van der Waals surface area contributed by atoms with Gasteiger partial charge in [-0.25, -0.2) is 4.98 Å². The minimum atomic E-state index is -0.322. The standard InChI is InChI=1S/C33H32ClN7O3/c1-4-44-29-14-7-13-28-26(29)16-18-41(28)31-27(34)21-35-33(39-31)38-25-12-6-11-24(20-25)37-32(43)22-9-5-10-23(19-22)36-30(42)15-8-17-40(2)3/h5-16,18-21H,4,17H2,1-3H3,(H,36,42)(H,37,43)(H,35,38,39)/b15-8+. The summed E-state index contributed by atoms with van der Waals surface area (Å²) in [5, 5.41) is 10.2. The molecule has 0 aliphatic carbocycles. The molecule has 11 heteroatoms. The maximum Gasteiger partial charge on any atom is 0.255 e. The monoisotopic (exact) mass is 609 g/mol. The first-order valence-electron chi connectivity index (χ1n) is 14.0. The third kappa shape index (κ3) is 7.41. The van der Waals surface area contributed by atoms with Crippen LogP contribution in [0.5, 0.6) is 5.75 Å². The van der Waals surface area contributed by atoms with Gasteiger partial charge in [-0.3, -0.25) is 14.2 Å². The van der Waals surface area contributed by atoms with Gasteiger partial charge in [0.15, 0.2) is 5.82 Å². The fourth-order valence-electron chi connectivity index (χ4n) is 4.49. The number of carbonyl (C=O) groups is 2. The molecule has 0 unspecified atom stereocenters. The van der Waals surface area contributed by atoms with E-state index in [0.717, 1.165) is 16.7 Å². The number of carbonyl (C=O) groups excluding carboxylic acids is 2. The molecule has 0 radical (unpaired) electrons. The highest BCUT2D eigenvalue weighted by atomic mass is 35.5. The summed E-state index contributed by atoms with van der Waals surface area (Å²) in [6.07, 6.45) is 6.67. The van der Waals surface area contributed by atoms with Gasteiger partial charge in [0.05, 0.1) is 18.3 Å². The van der Waals surface area contributed by atoms with E-state index >= 15 is 0 Å². The number of ether oxygens (including phenoxy) is 1. The quantitative estimate of drug-likeness (QED) is 0.146. The lowest BCUT2D eigenvalue weighted by Crippen LogP contribution is -2.14. The van der Waals surface area contributed by atoms with Crippen molar-refractivity contribution in [1.29, 1.82) is 0 Å². The van der Waals surface area contributed by atoms with Crippen LogP contribution in [-0.2, 0) is 4.79 Å². The highest BCUT2D eigenvalue weighted by molar-refractivity contribution is 6.32. The summed E-state index contributed by atoms with van der Waals surface area (Å²) < 4.78 is 7.66. The van der Waals surface area contributed by atoms with Crippen molar-refractivity contribution in [3.63, 3.8) is 0 Å². The van der Waals surface area contributed by atoms with E-state index in [4.69, 9.17) is 16.3 Å². The van der Waals surface area contributed by atoms with Gasteiger partial charge in [-0.1, -0.05) is 35.9 Å². The summed E-state index contributed by atoms with van der Waals surface area (Å²) in [6, 6.07) is 21.7. The van der Waals surface area contributed by atoms with Crippen LogP contribution in [0.3, 0.4) is 0 Å². The molecule has 0 spiro atoms. The van der Waals surface area contributed by atoms with Crippen molar-refractivity contribution in [3.8, 4) is 11.6 Å². The fourth-order valence-corrected chi connectivity index (χ4v) is 4.67. The first-order chi connectivity index (χ1) is 21.3. The Balaban J connectivity index is 1.29. The summed E-state index contributed by atoms with van der Waals surface area (Å²) in [5.41, 5.74) is 3.05. The normalized spacial score (nSPS) is 11.2. The molecule has 2 amide bonds. The minimum absolute atomic E-state index is 0.268. The van der Waals surface area contributed by atoms with Crippen LogP contribution in [0.2, 0.25) is 5.02 Å². The number of anilines is 4. The van der Waals surface area contributed by atoms with E-state index in [1.807, 2.05) is 67.0 Å². The van der Waals surface area contributed by atoms with E-state index < -0.39 is 0 Å². The third-order valence-electron chi connectivity index (χ3n) is 6.46. The third-order valence-corrected chi connectivity index (χ3v) is 6.72. The topological polar surface area (TPSA) is 113 Å². The molecule has 3 aromatic carbocycles. The molecule has 0 aliphatic rings. The second kappa shape index (κ2) is 13.9. The van der Waals surface area contributed by atoms with E-state index in [0.29, 0.717) is 52.6 Å². The maximum atomic E-state index is 13.0. The summed E-state index contributed by atoms with van der Waals surface area (Å²) in [7, 11) is 3.84. The van der Waals surface area contributed by atoms with E-state index in [1.165, 1.54) is 6.08 Å². The number of amides is 2. The largest absolute Gasteiger partial charge is 0.493 e. The molecule has 2 heterocycles. The van der Waals surface area contributed by atoms with Crippen LogP contribution >= 0.6 is 11.6 Å². The number of aromatic nitrogens is 3. The zero-order chi connectivity index (χ0) is 31.1. The van der Waals surface area contributed by atoms with Crippen LogP contribution in [0, 0.1) is 0 Å². The predicted octanol–water partition coefficient (Wildman–Crippen LogP) is 6.52. The molecule has 5 aromatic rings. The number of likely N-dealkylation sites (N-methyl/N-ethyl adjacent to an activating group) is 1. The van der Waals surface area contributed by atoms with Crippen LogP contribution < -0.4 is 20.7 Å². The van der Waals surface area contributed by atoms with Crippen molar-refractivity contribution in [2.75, 3.05) is 43.2 Å². The van der Waals surface area contributed by atoms with Crippen LogP contribution in [0.15, 0.2) is 97.3 Å². The van der Waals surface area contributed by atoms with Gasteiger partial charge in [0, 0.05) is 46.8 Å². The maximum absolute atomic E-state index is 13.0. The summed E-state index contributed by atoms with van der Waals surface area (Å²) >= 11 is 6.52. The van der Waals surface area contributed by atoms with Crippen molar-refractivity contribution in [3.05, 3.63) is 108 Å². The second-order valence-corrected chi connectivity index (χ2v) is 10.5. The van der Waals surface area contributed by atoms with Crippen LogP contribution in [0.1, 0.15) is 17.3 Å². The van der Waals surface area contributed by atoms with Crippen LogP contribution in [0.4, 0.5) is 23.0 Å². The van der Waals surface area contributed by atoms with Gasteiger partial charge in [-0.15, -0.1) is 0 Å². The molecule has 0 aliphatic heterocycles. The van der Waals surface area contributed by atoms with Crippen LogP contribution in [0.25, 0.3) is 16.7 Å². The molecule has 0 fully saturated rings. The molecule has 44 heavy (non-hydrogen) atoms.